The van der Waals surface area contributed by atoms with E-state index in [1.165, 1.54) is 6.42 Å². The fourth-order valence-corrected chi connectivity index (χ4v) is 2.37. The van der Waals surface area contributed by atoms with Crippen LogP contribution in [0, 0.1) is 0 Å². The largest absolute Gasteiger partial charge is 0.321 e. The Morgan fingerprint density at radius 3 is 2.88 bits per heavy atom. The molecule has 0 spiro atoms. The normalized spacial score (nSPS) is 25.5. The minimum absolute atomic E-state index is 0.0748. The number of rotatable bonds is 2. The van der Waals surface area contributed by atoms with Gasteiger partial charge in [-0.1, -0.05) is 0 Å². The van der Waals surface area contributed by atoms with E-state index in [0.29, 0.717) is 6.04 Å². The molecule has 1 aliphatic rings. The first-order valence-electron chi connectivity index (χ1n) is 6.09. The molecule has 1 aromatic heterocycles. The average Bonchev–Trinajstić information content (AvgIpc) is 2.51. The Labute approximate surface area is 103 Å². The van der Waals surface area contributed by atoms with Gasteiger partial charge in [0.2, 0.25) is 0 Å². The van der Waals surface area contributed by atoms with Gasteiger partial charge >= 0.3 is 0 Å². The number of hydrogen-bond acceptors (Lipinski definition) is 5. The van der Waals surface area contributed by atoms with Gasteiger partial charge in [-0.3, -0.25) is 9.97 Å². The van der Waals surface area contributed by atoms with Crippen LogP contribution < -0.4 is 5.73 Å². The molecule has 1 fully saturated rings. The lowest BCUT2D eigenvalue weighted by atomic mass is 10.0. The molecule has 0 aromatic carbocycles. The van der Waals surface area contributed by atoms with Crippen LogP contribution in [0.3, 0.4) is 0 Å². The maximum absolute atomic E-state index is 6.32. The van der Waals surface area contributed by atoms with Gasteiger partial charge in [0.15, 0.2) is 0 Å². The molecule has 2 heterocycles. The van der Waals surface area contributed by atoms with Crippen molar-refractivity contribution in [2.75, 3.05) is 33.7 Å². The summed E-state index contributed by atoms with van der Waals surface area (Å²) in [6.07, 6.45) is 6.34. The second-order valence-corrected chi connectivity index (χ2v) is 4.82. The van der Waals surface area contributed by atoms with Crippen LogP contribution in [0.1, 0.15) is 18.2 Å². The summed E-state index contributed by atoms with van der Waals surface area (Å²) in [5, 5.41) is 0. The Morgan fingerprint density at radius 2 is 2.18 bits per heavy atom. The number of likely N-dealkylation sites (N-methyl/N-ethyl adjacent to an activating group) is 2. The average molecular weight is 235 g/mol. The monoisotopic (exact) mass is 235 g/mol. The van der Waals surface area contributed by atoms with E-state index < -0.39 is 0 Å². The van der Waals surface area contributed by atoms with Gasteiger partial charge in [0, 0.05) is 25.0 Å². The van der Waals surface area contributed by atoms with Crippen molar-refractivity contribution < 1.29 is 0 Å². The van der Waals surface area contributed by atoms with Crippen molar-refractivity contribution >= 4 is 0 Å². The van der Waals surface area contributed by atoms with Crippen LogP contribution in [-0.4, -0.2) is 59.5 Å². The van der Waals surface area contributed by atoms with Crippen LogP contribution in [-0.2, 0) is 0 Å². The number of aromatic nitrogens is 2. The molecule has 2 unspecified atom stereocenters. The standard InChI is InChI=1S/C12H21N5/c1-16-6-3-7-17(2)11(9-16)12(13)10-8-14-4-5-15-10/h4-5,8,11-12H,3,6-7,9,13H2,1-2H3. The Bertz CT molecular complexity index is 342. The highest BCUT2D eigenvalue weighted by atomic mass is 15.2. The van der Waals surface area contributed by atoms with Crippen molar-refractivity contribution in [3.8, 4) is 0 Å². The van der Waals surface area contributed by atoms with Crippen molar-refractivity contribution in [1.82, 2.24) is 19.8 Å². The lowest BCUT2D eigenvalue weighted by Gasteiger charge is -2.31. The van der Waals surface area contributed by atoms with Crippen molar-refractivity contribution in [2.24, 2.45) is 5.73 Å². The van der Waals surface area contributed by atoms with Crippen molar-refractivity contribution in [2.45, 2.75) is 18.5 Å². The van der Waals surface area contributed by atoms with Crippen LogP contribution in [0.4, 0.5) is 0 Å². The molecule has 17 heavy (non-hydrogen) atoms. The summed E-state index contributed by atoms with van der Waals surface area (Å²) in [7, 11) is 4.29. The minimum atomic E-state index is -0.0748. The van der Waals surface area contributed by atoms with E-state index in [4.69, 9.17) is 5.73 Å². The summed E-state index contributed by atoms with van der Waals surface area (Å²) < 4.78 is 0. The molecule has 0 bridgehead atoms. The number of hydrogen-bond donors (Lipinski definition) is 1. The molecule has 0 radical (unpaired) electrons. The molecule has 0 amide bonds. The molecule has 2 atom stereocenters. The Balaban J connectivity index is 2.13. The van der Waals surface area contributed by atoms with Crippen molar-refractivity contribution in [3.63, 3.8) is 0 Å². The van der Waals surface area contributed by atoms with Crippen molar-refractivity contribution in [1.29, 1.82) is 0 Å². The minimum Gasteiger partial charge on any atom is -0.321 e. The van der Waals surface area contributed by atoms with Crippen LogP contribution in [0.5, 0.6) is 0 Å². The highest BCUT2D eigenvalue weighted by Crippen LogP contribution is 2.18. The predicted molar refractivity (Wildman–Crippen MR) is 67.5 cm³/mol. The molecule has 0 saturated carbocycles. The summed E-state index contributed by atoms with van der Waals surface area (Å²) in [4.78, 5) is 13.1. The molecular weight excluding hydrogens is 214 g/mol. The smallest absolute Gasteiger partial charge is 0.0770 e. The third kappa shape index (κ3) is 3.00. The fraction of sp³-hybridized carbons (Fsp3) is 0.667. The Kier molecular flexibility index (Phi) is 4.04. The maximum atomic E-state index is 6.32. The van der Waals surface area contributed by atoms with E-state index in [2.05, 4.69) is 33.9 Å². The van der Waals surface area contributed by atoms with E-state index in [9.17, 15) is 0 Å². The van der Waals surface area contributed by atoms with E-state index in [1.54, 1.807) is 18.6 Å². The zero-order valence-corrected chi connectivity index (χ0v) is 10.6. The molecule has 1 saturated heterocycles. The molecule has 1 aliphatic heterocycles. The summed E-state index contributed by atoms with van der Waals surface area (Å²) in [6.45, 7) is 3.20. The number of nitrogens with two attached hydrogens (primary N) is 1. The first-order valence-corrected chi connectivity index (χ1v) is 6.09. The highest BCUT2D eigenvalue weighted by molar-refractivity contribution is 5.06. The van der Waals surface area contributed by atoms with Gasteiger partial charge in [-0.2, -0.15) is 0 Å². The highest BCUT2D eigenvalue weighted by Gasteiger charge is 2.27. The molecular formula is C12H21N5. The molecule has 2 N–H and O–H groups in total. The second-order valence-electron chi connectivity index (χ2n) is 4.82. The maximum Gasteiger partial charge on any atom is 0.0770 e. The zero-order chi connectivity index (χ0) is 12.3. The Hall–Kier alpha value is -1.04. The lowest BCUT2D eigenvalue weighted by Crippen LogP contribution is -2.45. The van der Waals surface area contributed by atoms with Gasteiger partial charge < -0.3 is 15.5 Å². The molecule has 1 aromatic rings. The first kappa shape index (κ1) is 12.4. The SMILES string of the molecule is CN1CCCN(C)C(C(N)c2cnccn2)C1. The molecule has 5 heteroatoms. The van der Waals surface area contributed by atoms with Crippen LogP contribution in [0.2, 0.25) is 0 Å². The van der Waals surface area contributed by atoms with Gasteiger partial charge in [-0.25, -0.2) is 0 Å². The van der Waals surface area contributed by atoms with Crippen LogP contribution in [0.25, 0.3) is 0 Å². The van der Waals surface area contributed by atoms with Crippen molar-refractivity contribution in [3.05, 3.63) is 24.3 Å². The quantitative estimate of drug-likeness (QED) is 0.788. The predicted octanol–water partition coefficient (Wildman–Crippen LogP) is 0.112. The molecule has 5 nitrogen and oxygen atoms in total. The van der Waals surface area contributed by atoms with Gasteiger partial charge in [-0.05, 0) is 33.6 Å². The zero-order valence-electron chi connectivity index (χ0n) is 10.6. The van der Waals surface area contributed by atoms with Crippen LogP contribution >= 0.6 is 0 Å². The van der Waals surface area contributed by atoms with Crippen LogP contribution in [0.15, 0.2) is 18.6 Å². The van der Waals surface area contributed by atoms with Gasteiger partial charge in [0.25, 0.3) is 0 Å². The summed E-state index contributed by atoms with van der Waals surface area (Å²) in [5.74, 6) is 0. The fourth-order valence-electron chi connectivity index (χ4n) is 2.37. The summed E-state index contributed by atoms with van der Waals surface area (Å²) in [6, 6.07) is 0.230. The third-order valence-corrected chi connectivity index (χ3v) is 3.45. The molecule has 0 aliphatic carbocycles. The first-order chi connectivity index (χ1) is 8.18. The lowest BCUT2D eigenvalue weighted by molar-refractivity contribution is 0.194. The van der Waals surface area contributed by atoms with E-state index in [1.807, 2.05) is 0 Å². The van der Waals surface area contributed by atoms with Gasteiger partial charge in [0.05, 0.1) is 17.9 Å². The van der Waals surface area contributed by atoms with E-state index in [-0.39, 0.29) is 6.04 Å². The topological polar surface area (TPSA) is 58.3 Å². The Morgan fingerprint density at radius 1 is 1.35 bits per heavy atom. The van der Waals surface area contributed by atoms with Gasteiger partial charge in [0.1, 0.15) is 0 Å². The van der Waals surface area contributed by atoms with E-state index in [0.717, 1.165) is 25.3 Å². The van der Waals surface area contributed by atoms with E-state index >= 15 is 0 Å². The summed E-state index contributed by atoms with van der Waals surface area (Å²) >= 11 is 0. The third-order valence-electron chi connectivity index (χ3n) is 3.45. The number of nitrogens with zero attached hydrogens (tertiary/aromatic N) is 4. The molecule has 2 rings (SSSR count). The second kappa shape index (κ2) is 5.53. The summed E-state index contributed by atoms with van der Waals surface area (Å²) in [5.41, 5.74) is 7.20. The molecule has 94 valence electrons. The van der Waals surface area contributed by atoms with Gasteiger partial charge in [-0.15, -0.1) is 0 Å².